The number of anilines is 1. The van der Waals surface area contributed by atoms with Crippen molar-refractivity contribution in [1.82, 2.24) is 0 Å². The van der Waals surface area contributed by atoms with Gasteiger partial charge in [-0.2, -0.15) is 0 Å². The molecule has 2 aliphatic heterocycles. The average molecular weight is 587 g/mol. The Morgan fingerprint density at radius 2 is 1.52 bits per heavy atom. The highest BCUT2D eigenvalue weighted by molar-refractivity contribution is 6.32. The predicted molar refractivity (Wildman–Crippen MR) is 163 cm³/mol. The van der Waals surface area contributed by atoms with Crippen LogP contribution in [-0.4, -0.2) is 48.6 Å². The van der Waals surface area contributed by atoms with Crippen LogP contribution in [0, 0.1) is 15.5 Å². The van der Waals surface area contributed by atoms with Gasteiger partial charge in [0.2, 0.25) is 0 Å². The van der Waals surface area contributed by atoms with Crippen LogP contribution in [0.4, 0.5) is 11.4 Å². The Morgan fingerprint density at radius 3 is 2.16 bits per heavy atom. The molecular formula is C35H26N2O7. The summed E-state index contributed by atoms with van der Waals surface area (Å²) in [4.78, 5) is 57.2. The summed E-state index contributed by atoms with van der Waals surface area (Å²) in [5, 5.41) is 11.4. The highest BCUT2D eigenvalue weighted by Crippen LogP contribution is 2.62. The number of ketones is 3. The number of hydrogen-bond acceptors (Lipinski definition) is 8. The lowest BCUT2D eigenvalue weighted by atomic mass is 9.64. The summed E-state index contributed by atoms with van der Waals surface area (Å²) in [7, 11) is 3.01. The Morgan fingerprint density at radius 1 is 0.864 bits per heavy atom. The minimum absolute atomic E-state index is 0.156. The lowest BCUT2D eigenvalue weighted by molar-refractivity contribution is -0.384. The Bertz CT molecular complexity index is 1880. The number of non-ortho nitro benzene ring substituents is 1. The van der Waals surface area contributed by atoms with Crippen molar-refractivity contribution in [2.24, 2.45) is 5.41 Å². The third-order valence-electron chi connectivity index (χ3n) is 9.12. The van der Waals surface area contributed by atoms with Crippen molar-refractivity contribution in [3.8, 4) is 11.5 Å². The maximum absolute atomic E-state index is 14.8. The summed E-state index contributed by atoms with van der Waals surface area (Å²) in [6, 6.07) is 22.9. The number of ether oxygens (including phenoxy) is 2. The first-order valence-corrected chi connectivity index (χ1v) is 14.1. The van der Waals surface area contributed by atoms with Gasteiger partial charge in [-0.3, -0.25) is 24.5 Å². The van der Waals surface area contributed by atoms with Crippen LogP contribution in [0.25, 0.3) is 6.08 Å². The van der Waals surface area contributed by atoms with E-state index in [9.17, 15) is 24.5 Å². The normalized spacial score (nSPS) is 20.7. The molecule has 218 valence electrons. The molecule has 9 heteroatoms. The van der Waals surface area contributed by atoms with E-state index in [0.29, 0.717) is 33.9 Å². The van der Waals surface area contributed by atoms with Crippen molar-refractivity contribution in [3.05, 3.63) is 135 Å². The number of nitrogens with zero attached hydrogens (tertiary/aromatic N) is 2. The van der Waals surface area contributed by atoms with Crippen LogP contribution in [0.2, 0.25) is 0 Å². The van der Waals surface area contributed by atoms with Crippen molar-refractivity contribution in [2.45, 2.75) is 18.0 Å². The second kappa shape index (κ2) is 10.0. The smallest absolute Gasteiger partial charge is 0.269 e. The number of hydrogen-bond donors (Lipinski definition) is 0. The molecule has 0 amide bonds. The largest absolute Gasteiger partial charge is 0.497 e. The molecule has 0 N–H and O–H groups in total. The lowest BCUT2D eigenvalue weighted by Crippen LogP contribution is -2.48. The fraction of sp³-hybridized carbons (Fsp3) is 0.171. The van der Waals surface area contributed by atoms with Crippen LogP contribution in [0.1, 0.15) is 48.1 Å². The first-order chi connectivity index (χ1) is 21.3. The van der Waals surface area contributed by atoms with Gasteiger partial charge in [0.1, 0.15) is 23.0 Å². The van der Waals surface area contributed by atoms with Gasteiger partial charge in [0, 0.05) is 46.0 Å². The topological polar surface area (TPSA) is 116 Å². The van der Waals surface area contributed by atoms with Crippen molar-refractivity contribution < 1.29 is 28.8 Å². The van der Waals surface area contributed by atoms with Gasteiger partial charge in [0.25, 0.3) is 5.69 Å². The van der Waals surface area contributed by atoms with Gasteiger partial charge < -0.3 is 14.4 Å². The molecule has 0 radical (unpaired) electrons. The number of para-hydroxylation sites is 1. The third kappa shape index (κ3) is 3.62. The monoisotopic (exact) mass is 586 g/mol. The summed E-state index contributed by atoms with van der Waals surface area (Å²) in [6.45, 7) is 0. The highest BCUT2D eigenvalue weighted by atomic mass is 16.6. The molecule has 7 rings (SSSR count). The van der Waals surface area contributed by atoms with E-state index in [1.54, 1.807) is 42.5 Å². The Balaban J connectivity index is 1.56. The fourth-order valence-corrected chi connectivity index (χ4v) is 7.26. The Hall–Kier alpha value is -5.57. The molecule has 2 heterocycles. The second-order valence-corrected chi connectivity index (χ2v) is 11.0. The molecule has 0 aromatic heterocycles. The van der Waals surface area contributed by atoms with Crippen LogP contribution in [0.3, 0.4) is 0 Å². The van der Waals surface area contributed by atoms with Gasteiger partial charge in [-0.05, 0) is 42.0 Å². The van der Waals surface area contributed by atoms with Crippen LogP contribution >= 0.6 is 0 Å². The van der Waals surface area contributed by atoms with E-state index in [0.717, 1.165) is 5.56 Å². The molecule has 4 aromatic carbocycles. The molecule has 44 heavy (non-hydrogen) atoms. The Kier molecular flexibility index (Phi) is 6.21. The number of carbonyl (C=O) groups excluding carboxylic acids is 3. The summed E-state index contributed by atoms with van der Waals surface area (Å²) in [5.74, 6) is -1.29. The number of methoxy groups -OCH3 is 2. The number of carbonyl (C=O) groups is 3. The molecule has 1 spiro atoms. The second-order valence-electron chi connectivity index (χ2n) is 11.0. The maximum atomic E-state index is 14.8. The zero-order valence-corrected chi connectivity index (χ0v) is 23.8. The molecular weight excluding hydrogens is 560 g/mol. The first-order valence-electron chi connectivity index (χ1n) is 14.1. The summed E-state index contributed by atoms with van der Waals surface area (Å²) >= 11 is 0. The first kappa shape index (κ1) is 27.3. The molecule has 1 saturated heterocycles. The highest BCUT2D eigenvalue weighted by Gasteiger charge is 2.72. The van der Waals surface area contributed by atoms with Gasteiger partial charge in [0.05, 0.1) is 25.2 Å². The van der Waals surface area contributed by atoms with Crippen molar-refractivity contribution in [2.75, 3.05) is 19.1 Å². The van der Waals surface area contributed by atoms with Crippen LogP contribution < -0.4 is 14.4 Å². The minimum Gasteiger partial charge on any atom is -0.497 e. The van der Waals surface area contributed by atoms with E-state index >= 15 is 0 Å². The number of rotatable bonds is 6. The van der Waals surface area contributed by atoms with E-state index < -0.39 is 34.1 Å². The van der Waals surface area contributed by atoms with E-state index in [1.807, 2.05) is 41.3 Å². The van der Waals surface area contributed by atoms with Gasteiger partial charge in [0.15, 0.2) is 17.3 Å². The standard InChI is InChI=1S/C35H26N2O7/c1-43-23-16-17-28(44-2)26(19-23)30-31(32(38)21-11-14-22(15-12-21)37(41)42)36-27-10-6-3-7-20(27)13-18-29(36)35(30)33(39)24-8-4-5-9-25(24)34(35)40/h3-19,29-31H,1-2H3/t29-,30-,31-/m1/s1. The van der Waals surface area contributed by atoms with Gasteiger partial charge >= 0.3 is 0 Å². The van der Waals surface area contributed by atoms with Gasteiger partial charge in [-0.1, -0.05) is 54.6 Å². The van der Waals surface area contributed by atoms with Crippen LogP contribution in [-0.2, 0) is 0 Å². The van der Waals surface area contributed by atoms with Crippen LogP contribution in [0.5, 0.6) is 11.5 Å². The van der Waals surface area contributed by atoms with Crippen molar-refractivity contribution in [3.63, 3.8) is 0 Å². The number of fused-ring (bicyclic) bond motifs is 5. The molecule has 1 aliphatic carbocycles. The fourth-order valence-electron chi connectivity index (χ4n) is 7.26. The van der Waals surface area contributed by atoms with E-state index in [-0.39, 0.29) is 22.8 Å². The SMILES string of the molecule is COc1ccc(OC)c([C@@H]2[C@H](C(=O)c3ccc([N+](=O)[O-])cc3)N3c4ccccc4C=C[C@@H]3C23C(=O)c2ccccc2C3=O)c1. The number of nitro benzene ring substituents is 1. The van der Waals surface area contributed by atoms with Crippen molar-refractivity contribution in [1.29, 1.82) is 0 Å². The van der Waals surface area contributed by atoms with E-state index in [4.69, 9.17) is 9.47 Å². The minimum atomic E-state index is -1.73. The van der Waals surface area contributed by atoms with Crippen molar-refractivity contribution >= 4 is 34.8 Å². The molecule has 0 saturated carbocycles. The molecule has 0 bridgehead atoms. The summed E-state index contributed by atoms with van der Waals surface area (Å²) < 4.78 is 11.4. The molecule has 3 aliphatic rings. The summed E-state index contributed by atoms with van der Waals surface area (Å²) in [6.07, 6.45) is 3.73. The zero-order valence-electron chi connectivity index (χ0n) is 23.8. The molecule has 4 aromatic rings. The van der Waals surface area contributed by atoms with Crippen LogP contribution in [0.15, 0.2) is 97.1 Å². The zero-order chi connectivity index (χ0) is 30.7. The molecule has 3 atom stereocenters. The lowest BCUT2D eigenvalue weighted by Gasteiger charge is -2.37. The summed E-state index contributed by atoms with van der Waals surface area (Å²) in [5.41, 5.74) is 0.937. The quantitative estimate of drug-likeness (QED) is 0.118. The Labute approximate surface area is 252 Å². The number of nitro groups is 1. The van der Waals surface area contributed by atoms with E-state index in [1.165, 1.54) is 38.5 Å². The van der Waals surface area contributed by atoms with Gasteiger partial charge in [-0.15, -0.1) is 0 Å². The maximum Gasteiger partial charge on any atom is 0.269 e. The predicted octanol–water partition coefficient (Wildman–Crippen LogP) is 5.93. The van der Waals surface area contributed by atoms with E-state index in [2.05, 4.69) is 0 Å². The molecule has 9 nitrogen and oxygen atoms in total. The number of benzene rings is 4. The average Bonchev–Trinajstić information content (AvgIpc) is 3.50. The van der Waals surface area contributed by atoms with Gasteiger partial charge in [-0.25, -0.2) is 0 Å². The number of Topliss-reactive ketones (excluding diaryl/α,β-unsaturated/α-hetero) is 3. The third-order valence-corrected chi connectivity index (χ3v) is 9.12. The molecule has 0 unspecified atom stereocenters. The molecule has 1 fully saturated rings.